The molecule has 0 radical (unpaired) electrons. The van der Waals surface area contributed by atoms with Gasteiger partial charge < -0.3 is 14.2 Å². The third-order valence-electron chi connectivity index (χ3n) is 4.89. The van der Waals surface area contributed by atoms with Crippen molar-refractivity contribution >= 4 is 11.4 Å². The Bertz CT molecular complexity index is 663. The summed E-state index contributed by atoms with van der Waals surface area (Å²) in [6.07, 6.45) is 5.19. The topological polar surface area (TPSA) is 28.0 Å². The van der Waals surface area contributed by atoms with Gasteiger partial charge in [-0.25, -0.2) is 0 Å². The van der Waals surface area contributed by atoms with Crippen LogP contribution in [0.2, 0.25) is 0 Å². The van der Waals surface area contributed by atoms with Crippen LogP contribution >= 0.6 is 0 Å². The number of rotatable bonds is 2. The van der Waals surface area contributed by atoms with Gasteiger partial charge in [-0.15, -0.1) is 0 Å². The number of hydrogen-bond acceptors (Lipinski definition) is 2. The fraction of sp³-hybridized carbons (Fsp3) is 0.438. The van der Waals surface area contributed by atoms with Crippen molar-refractivity contribution in [2.75, 3.05) is 26.7 Å². The van der Waals surface area contributed by atoms with E-state index in [-0.39, 0.29) is 5.91 Å². The predicted molar refractivity (Wildman–Crippen MR) is 77.8 cm³/mol. The molecule has 2 bridgehead atoms. The molecule has 0 N–H and O–H groups in total. The first-order valence-corrected chi connectivity index (χ1v) is 7.28. The molecule has 4 heteroatoms. The van der Waals surface area contributed by atoms with E-state index in [1.165, 1.54) is 19.5 Å². The third kappa shape index (κ3) is 1.75. The number of piperidine rings is 1. The monoisotopic (exact) mass is 269 g/mol. The van der Waals surface area contributed by atoms with Gasteiger partial charge in [0.25, 0.3) is 5.91 Å². The summed E-state index contributed by atoms with van der Waals surface area (Å²) in [5.41, 5.74) is 1.86. The molecule has 0 spiro atoms. The molecule has 4 nitrogen and oxygen atoms in total. The summed E-state index contributed by atoms with van der Waals surface area (Å²) >= 11 is 0. The van der Waals surface area contributed by atoms with Crippen molar-refractivity contribution in [3.63, 3.8) is 0 Å². The maximum Gasteiger partial charge on any atom is 0.254 e. The van der Waals surface area contributed by atoms with E-state index in [0.717, 1.165) is 17.6 Å². The maximum absolute atomic E-state index is 12.7. The van der Waals surface area contributed by atoms with E-state index >= 15 is 0 Å². The predicted octanol–water partition coefficient (Wildman–Crippen LogP) is 1.72. The Morgan fingerprint density at radius 3 is 2.95 bits per heavy atom. The fourth-order valence-corrected chi connectivity index (χ4v) is 3.72. The smallest absolute Gasteiger partial charge is 0.254 e. The SMILES string of the molecule is CN(C(=O)c1ccn2cccc2c1)C1CN2CC[C@H]1C2. The van der Waals surface area contributed by atoms with Crippen LogP contribution in [0.25, 0.3) is 5.52 Å². The molecule has 2 saturated heterocycles. The second kappa shape index (κ2) is 4.35. The van der Waals surface area contributed by atoms with Gasteiger partial charge in [-0.3, -0.25) is 4.79 Å². The first-order chi connectivity index (χ1) is 9.72. The lowest BCUT2D eigenvalue weighted by molar-refractivity contribution is 0.0684. The highest BCUT2D eigenvalue weighted by molar-refractivity contribution is 5.95. The summed E-state index contributed by atoms with van der Waals surface area (Å²) in [4.78, 5) is 17.1. The summed E-state index contributed by atoms with van der Waals surface area (Å²) in [6.45, 7) is 3.42. The maximum atomic E-state index is 12.7. The minimum Gasteiger partial charge on any atom is -0.337 e. The van der Waals surface area contributed by atoms with Crippen molar-refractivity contribution in [2.24, 2.45) is 5.92 Å². The van der Waals surface area contributed by atoms with Gasteiger partial charge in [-0.1, -0.05) is 0 Å². The molecular weight excluding hydrogens is 250 g/mol. The number of carbonyl (C=O) groups is 1. The first kappa shape index (κ1) is 12.0. The van der Waals surface area contributed by atoms with Crippen LogP contribution in [0.1, 0.15) is 16.8 Å². The van der Waals surface area contributed by atoms with Gasteiger partial charge in [0.2, 0.25) is 0 Å². The molecule has 0 aromatic carbocycles. The van der Waals surface area contributed by atoms with Gasteiger partial charge in [0.05, 0.1) is 0 Å². The number of amides is 1. The van der Waals surface area contributed by atoms with Crippen LogP contribution < -0.4 is 0 Å². The molecule has 2 aliphatic heterocycles. The molecule has 2 fully saturated rings. The normalized spacial score (nSPS) is 28.1. The van der Waals surface area contributed by atoms with Crippen molar-refractivity contribution < 1.29 is 4.79 Å². The van der Waals surface area contributed by atoms with Gasteiger partial charge >= 0.3 is 0 Å². The van der Waals surface area contributed by atoms with Crippen LogP contribution in [0, 0.1) is 5.92 Å². The van der Waals surface area contributed by atoms with Gasteiger partial charge in [0, 0.05) is 49.7 Å². The molecule has 1 amide bonds. The van der Waals surface area contributed by atoms with Gasteiger partial charge in [0.1, 0.15) is 0 Å². The average Bonchev–Trinajstić information content (AvgIpc) is 3.19. The van der Waals surface area contributed by atoms with E-state index < -0.39 is 0 Å². The third-order valence-corrected chi connectivity index (χ3v) is 4.89. The number of hydrogen-bond donors (Lipinski definition) is 0. The lowest BCUT2D eigenvalue weighted by Crippen LogP contribution is -2.44. The number of fused-ring (bicyclic) bond motifs is 3. The second-order valence-corrected chi connectivity index (χ2v) is 6.05. The van der Waals surface area contributed by atoms with Crippen molar-refractivity contribution in [3.05, 3.63) is 42.2 Å². The zero-order valence-electron chi connectivity index (χ0n) is 11.7. The van der Waals surface area contributed by atoms with Gasteiger partial charge in [-0.05, 0) is 43.1 Å². The highest BCUT2D eigenvalue weighted by Gasteiger charge is 2.41. The van der Waals surface area contributed by atoms with E-state index in [1.807, 2.05) is 53.0 Å². The molecule has 2 aromatic heterocycles. The Morgan fingerprint density at radius 1 is 1.30 bits per heavy atom. The van der Waals surface area contributed by atoms with E-state index in [4.69, 9.17) is 0 Å². The van der Waals surface area contributed by atoms with E-state index in [2.05, 4.69) is 4.90 Å². The average molecular weight is 269 g/mol. The standard InChI is InChI=1S/C16H19N3O/c1-17(15-11-18-7-4-13(15)10-18)16(20)12-5-8-19-6-2-3-14(19)9-12/h2-3,5-6,8-9,13,15H,4,7,10-11H2,1H3/t13-,15?/m0/s1. The Kier molecular flexibility index (Phi) is 2.60. The van der Waals surface area contributed by atoms with Crippen LogP contribution in [0.5, 0.6) is 0 Å². The van der Waals surface area contributed by atoms with Crippen LogP contribution in [0.4, 0.5) is 0 Å². The van der Waals surface area contributed by atoms with Crippen molar-refractivity contribution in [1.29, 1.82) is 0 Å². The fourth-order valence-electron chi connectivity index (χ4n) is 3.72. The molecule has 2 aliphatic rings. The van der Waals surface area contributed by atoms with Crippen molar-refractivity contribution in [3.8, 4) is 0 Å². The molecule has 104 valence electrons. The van der Waals surface area contributed by atoms with Crippen LogP contribution in [0.15, 0.2) is 36.7 Å². The van der Waals surface area contributed by atoms with Gasteiger partial charge in [0.15, 0.2) is 0 Å². The van der Waals surface area contributed by atoms with Crippen molar-refractivity contribution in [1.82, 2.24) is 14.2 Å². The first-order valence-electron chi connectivity index (χ1n) is 7.28. The van der Waals surface area contributed by atoms with Crippen LogP contribution in [0.3, 0.4) is 0 Å². The number of carbonyl (C=O) groups excluding carboxylic acids is 1. The van der Waals surface area contributed by atoms with Crippen LogP contribution in [-0.2, 0) is 0 Å². The summed E-state index contributed by atoms with van der Waals surface area (Å²) in [5, 5.41) is 0. The van der Waals surface area contributed by atoms with E-state index in [1.54, 1.807) is 0 Å². The number of likely N-dealkylation sites (N-methyl/N-ethyl adjacent to an activating group) is 1. The lowest BCUT2D eigenvalue weighted by Gasteiger charge is -2.31. The highest BCUT2D eigenvalue weighted by Crippen LogP contribution is 2.31. The molecule has 4 heterocycles. The highest BCUT2D eigenvalue weighted by atomic mass is 16.2. The zero-order chi connectivity index (χ0) is 13.7. The summed E-state index contributed by atoms with van der Waals surface area (Å²) in [5.74, 6) is 0.813. The minimum absolute atomic E-state index is 0.146. The largest absolute Gasteiger partial charge is 0.337 e. The van der Waals surface area contributed by atoms with Crippen molar-refractivity contribution in [2.45, 2.75) is 12.5 Å². The zero-order valence-corrected chi connectivity index (χ0v) is 11.7. The second-order valence-electron chi connectivity index (χ2n) is 6.05. The molecule has 0 saturated carbocycles. The molecular formula is C16H19N3O. The quantitative estimate of drug-likeness (QED) is 0.830. The minimum atomic E-state index is 0.146. The van der Waals surface area contributed by atoms with E-state index in [9.17, 15) is 4.79 Å². The molecule has 4 rings (SSSR count). The Balaban J connectivity index is 1.59. The molecule has 0 aliphatic carbocycles. The number of aromatic nitrogens is 1. The Morgan fingerprint density at radius 2 is 2.20 bits per heavy atom. The Hall–Kier alpha value is -1.81. The Labute approximate surface area is 118 Å². The number of pyridine rings is 1. The molecule has 2 aromatic rings. The summed E-state index contributed by atoms with van der Waals surface area (Å²) in [7, 11) is 1.96. The summed E-state index contributed by atoms with van der Waals surface area (Å²) < 4.78 is 2.03. The van der Waals surface area contributed by atoms with E-state index in [0.29, 0.717) is 12.0 Å². The lowest BCUT2D eigenvalue weighted by atomic mass is 9.98. The molecule has 20 heavy (non-hydrogen) atoms. The van der Waals surface area contributed by atoms with Crippen LogP contribution in [-0.4, -0.2) is 52.8 Å². The molecule has 2 unspecified atom stereocenters. The number of nitrogens with zero attached hydrogens (tertiary/aromatic N) is 3. The summed E-state index contributed by atoms with van der Waals surface area (Å²) in [6, 6.07) is 8.31. The molecule has 3 atom stereocenters. The van der Waals surface area contributed by atoms with Gasteiger partial charge in [-0.2, -0.15) is 0 Å².